The Morgan fingerprint density at radius 2 is 1.59 bits per heavy atom. The summed E-state index contributed by atoms with van der Waals surface area (Å²) in [5.41, 5.74) is -1.41. The topological polar surface area (TPSA) is 78.0 Å². The fourth-order valence-electron chi connectivity index (χ4n) is 2.40. The van der Waals surface area contributed by atoms with E-state index in [-0.39, 0.29) is 16.9 Å². The second kappa shape index (κ2) is 6.43. The molecule has 2 aromatic carbocycles. The number of nitrogens with two attached hydrogens (primary N) is 1. The van der Waals surface area contributed by atoms with Crippen molar-refractivity contribution in [1.29, 1.82) is 0 Å². The number of alkyl halides is 3. The summed E-state index contributed by atoms with van der Waals surface area (Å²) in [4.78, 5) is -0.796. The largest absolute Gasteiger partial charge is 0.435 e. The second-order valence-electron chi connectivity index (χ2n) is 5.49. The highest BCUT2D eigenvalue weighted by atomic mass is 32.2. The van der Waals surface area contributed by atoms with E-state index in [0.29, 0.717) is 6.07 Å². The SMILES string of the molecule is NS(=O)(=O)c1ccc(-c2cc(C(F)(F)F)nn2-c2ccc(F)cc2)cc1F. The number of sulfonamides is 1. The van der Waals surface area contributed by atoms with E-state index >= 15 is 0 Å². The van der Waals surface area contributed by atoms with Crippen LogP contribution in [0.5, 0.6) is 0 Å². The van der Waals surface area contributed by atoms with E-state index in [9.17, 15) is 30.4 Å². The molecule has 0 atom stereocenters. The Kier molecular flexibility index (Phi) is 4.52. The van der Waals surface area contributed by atoms with Crippen LogP contribution < -0.4 is 5.14 Å². The maximum Gasteiger partial charge on any atom is 0.435 e. The number of hydrogen-bond acceptors (Lipinski definition) is 3. The summed E-state index contributed by atoms with van der Waals surface area (Å²) in [6.45, 7) is 0. The van der Waals surface area contributed by atoms with E-state index in [1.807, 2.05) is 0 Å². The van der Waals surface area contributed by atoms with Crippen molar-refractivity contribution in [2.45, 2.75) is 11.1 Å². The molecule has 0 spiro atoms. The monoisotopic (exact) mass is 403 g/mol. The Bertz CT molecular complexity index is 1110. The lowest BCUT2D eigenvalue weighted by Gasteiger charge is -2.09. The summed E-state index contributed by atoms with van der Waals surface area (Å²) in [5, 5.41) is 8.34. The number of rotatable bonds is 3. The molecule has 1 heterocycles. The molecule has 27 heavy (non-hydrogen) atoms. The fourth-order valence-corrected chi connectivity index (χ4v) is 2.98. The van der Waals surface area contributed by atoms with E-state index < -0.39 is 38.4 Å². The third kappa shape index (κ3) is 3.83. The number of aromatic nitrogens is 2. The zero-order chi connectivity index (χ0) is 20.0. The molecule has 0 fully saturated rings. The molecule has 0 saturated heterocycles. The summed E-state index contributed by atoms with van der Waals surface area (Å²) < 4.78 is 89.9. The van der Waals surface area contributed by atoms with E-state index in [1.165, 1.54) is 12.1 Å². The van der Waals surface area contributed by atoms with Gasteiger partial charge in [0.1, 0.15) is 16.5 Å². The summed E-state index contributed by atoms with van der Waals surface area (Å²) >= 11 is 0. The van der Waals surface area contributed by atoms with E-state index in [1.54, 1.807) is 0 Å². The van der Waals surface area contributed by atoms with Gasteiger partial charge in [-0.05, 0) is 42.5 Å². The lowest BCUT2D eigenvalue weighted by atomic mass is 10.1. The molecule has 5 nitrogen and oxygen atoms in total. The number of benzene rings is 2. The minimum atomic E-state index is -4.78. The first-order valence-corrected chi connectivity index (χ1v) is 8.77. The van der Waals surface area contributed by atoms with Crippen LogP contribution in [-0.4, -0.2) is 18.2 Å². The highest BCUT2D eigenvalue weighted by molar-refractivity contribution is 7.89. The number of hydrogen-bond donors (Lipinski definition) is 1. The van der Waals surface area contributed by atoms with E-state index in [2.05, 4.69) is 5.10 Å². The molecule has 0 saturated carbocycles. The fraction of sp³-hybridized carbons (Fsp3) is 0.0625. The molecule has 0 bridgehead atoms. The lowest BCUT2D eigenvalue weighted by molar-refractivity contribution is -0.141. The summed E-state index contributed by atoms with van der Waals surface area (Å²) in [6, 6.07) is 7.79. The number of primary sulfonamides is 1. The molecule has 3 aromatic rings. The van der Waals surface area contributed by atoms with Gasteiger partial charge in [0, 0.05) is 5.56 Å². The van der Waals surface area contributed by atoms with Gasteiger partial charge in [-0.2, -0.15) is 18.3 Å². The average molecular weight is 403 g/mol. The molecule has 3 rings (SSSR count). The molecular weight excluding hydrogens is 393 g/mol. The minimum Gasteiger partial charge on any atom is -0.233 e. The van der Waals surface area contributed by atoms with Crippen LogP contribution >= 0.6 is 0 Å². The van der Waals surface area contributed by atoms with Gasteiger partial charge in [-0.1, -0.05) is 6.07 Å². The van der Waals surface area contributed by atoms with Gasteiger partial charge in [-0.3, -0.25) is 0 Å². The van der Waals surface area contributed by atoms with E-state index in [4.69, 9.17) is 5.14 Å². The van der Waals surface area contributed by atoms with Gasteiger partial charge in [-0.15, -0.1) is 0 Å². The van der Waals surface area contributed by atoms with Crippen LogP contribution in [0.15, 0.2) is 53.4 Å². The Balaban J connectivity index is 2.21. The highest BCUT2D eigenvalue weighted by Gasteiger charge is 2.35. The van der Waals surface area contributed by atoms with Gasteiger partial charge < -0.3 is 0 Å². The molecule has 0 aliphatic rings. The van der Waals surface area contributed by atoms with Crippen LogP contribution in [0.3, 0.4) is 0 Å². The van der Waals surface area contributed by atoms with Crippen molar-refractivity contribution in [3.63, 3.8) is 0 Å². The number of nitrogens with zero attached hydrogens (tertiary/aromatic N) is 2. The van der Waals surface area contributed by atoms with Gasteiger partial charge in [-0.25, -0.2) is 27.0 Å². The first-order chi connectivity index (χ1) is 12.5. The summed E-state index contributed by atoms with van der Waals surface area (Å²) in [5.74, 6) is -1.83. The van der Waals surface area contributed by atoms with Crippen LogP contribution in [0.25, 0.3) is 16.9 Å². The van der Waals surface area contributed by atoms with E-state index in [0.717, 1.165) is 35.0 Å². The first-order valence-electron chi connectivity index (χ1n) is 7.23. The van der Waals surface area contributed by atoms with Crippen LogP contribution in [0, 0.1) is 11.6 Å². The maximum atomic E-state index is 14.1. The van der Waals surface area contributed by atoms with Gasteiger partial charge in [0.2, 0.25) is 10.0 Å². The Labute approximate surface area is 149 Å². The Hall–Kier alpha value is -2.79. The van der Waals surface area contributed by atoms with Crippen molar-refractivity contribution < 1.29 is 30.4 Å². The summed E-state index contributed by atoms with van der Waals surface area (Å²) in [7, 11) is -4.34. The second-order valence-corrected chi connectivity index (χ2v) is 7.02. The van der Waals surface area contributed by atoms with Crippen molar-refractivity contribution in [2.24, 2.45) is 5.14 Å². The zero-order valence-corrected chi connectivity index (χ0v) is 14.0. The summed E-state index contributed by atoms with van der Waals surface area (Å²) in [6.07, 6.45) is -4.78. The van der Waals surface area contributed by atoms with Crippen LogP contribution in [0.4, 0.5) is 22.0 Å². The Morgan fingerprint density at radius 3 is 2.11 bits per heavy atom. The van der Waals surface area contributed by atoms with Crippen molar-refractivity contribution in [3.8, 4) is 16.9 Å². The quantitative estimate of drug-likeness (QED) is 0.680. The molecule has 0 unspecified atom stereocenters. The predicted octanol–water partition coefficient (Wildman–Crippen LogP) is 3.48. The van der Waals surface area contributed by atoms with Gasteiger partial charge in [0.25, 0.3) is 0 Å². The third-order valence-electron chi connectivity index (χ3n) is 3.61. The third-order valence-corrected chi connectivity index (χ3v) is 4.55. The molecule has 0 amide bonds. The molecule has 0 aliphatic carbocycles. The van der Waals surface area contributed by atoms with Crippen molar-refractivity contribution in [3.05, 3.63) is 65.9 Å². The molecule has 11 heteroatoms. The predicted molar refractivity (Wildman–Crippen MR) is 85.3 cm³/mol. The lowest BCUT2D eigenvalue weighted by Crippen LogP contribution is -2.14. The van der Waals surface area contributed by atoms with Gasteiger partial charge in [0.05, 0.1) is 11.4 Å². The van der Waals surface area contributed by atoms with Crippen LogP contribution in [0.1, 0.15) is 5.69 Å². The van der Waals surface area contributed by atoms with Crippen LogP contribution in [-0.2, 0) is 16.2 Å². The molecule has 142 valence electrons. The number of halogens is 5. The average Bonchev–Trinajstić information content (AvgIpc) is 2.99. The normalized spacial score (nSPS) is 12.4. The van der Waals surface area contributed by atoms with Crippen molar-refractivity contribution in [1.82, 2.24) is 9.78 Å². The molecule has 1 aromatic heterocycles. The van der Waals surface area contributed by atoms with Gasteiger partial charge >= 0.3 is 6.18 Å². The maximum absolute atomic E-state index is 14.1. The minimum absolute atomic E-state index is 0.0766. The standard InChI is InChI=1S/C16H10F5N3O2S/c17-10-2-4-11(5-3-10)24-13(8-15(23-24)16(19,20)21)9-1-6-14(12(18)7-9)27(22,25)26/h1-8H,(H2,22,25,26). The highest BCUT2D eigenvalue weighted by Crippen LogP contribution is 2.34. The van der Waals surface area contributed by atoms with Crippen molar-refractivity contribution >= 4 is 10.0 Å². The van der Waals surface area contributed by atoms with Gasteiger partial charge in [0.15, 0.2) is 5.69 Å². The molecule has 0 aliphatic heterocycles. The first kappa shape index (κ1) is 19.0. The molecule has 0 radical (unpaired) electrons. The van der Waals surface area contributed by atoms with Crippen molar-refractivity contribution in [2.75, 3.05) is 0 Å². The van der Waals surface area contributed by atoms with Crippen LogP contribution in [0.2, 0.25) is 0 Å². The molecular formula is C16H10F5N3O2S. The smallest absolute Gasteiger partial charge is 0.233 e. The zero-order valence-electron chi connectivity index (χ0n) is 13.2. The Morgan fingerprint density at radius 1 is 0.963 bits per heavy atom. The molecule has 2 N–H and O–H groups in total.